The van der Waals surface area contributed by atoms with E-state index >= 15 is 0 Å². The van der Waals surface area contributed by atoms with Crippen molar-refractivity contribution in [1.29, 1.82) is 0 Å². The van der Waals surface area contributed by atoms with E-state index in [0.29, 0.717) is 6.10 Å². The zero-order valence-corrected chi connectivity index (χ0v) is 9.11. The van der Waals surface area contributed by atoms with Crippen molar-refractivity contribution in [2.75, 3.05) is 13.1 Å². The summed E-state index contributed by atoms with van der Waals surface area (Å²) in [6, 6.07) is 0. The standard InChI is InChI=1S/C10H23NO/c1-6-7-11-8-10(4,5)12-9(2)3/h9,11H,6-8H2,1-5H3. The SMILES string of the molecule is CCCNCC(C)(C)OC(C)C. The van der Waals surface area contributed by atoms with Crippen LogP contribution in [-0.2, 0) is 4.74 Å². The molecule has 0 saturated heterocycles. The quantitative estimate of drug-likeness (QED) is 0.622. The average Bonchev–Trinajstić information content (AvgIpc) is 1.84. The molecular weight excluding hydrogens is 150 g/mol. The maximum absolute atomic E-state index is 5.72. The fourth-order valence-electron chi connectivity index (χ4n) is 1.25. The Balaban J connectivity index is 3.56. The number of nitrogens with one attached hydrogen (secondary N) is 1. The number of rotatable bonds is 6. The summed E-state index contributed by atoms with van der Waals surface area (Å²) in [4.78, 5) is 0. The van der Waals surface area contributed by atoms with E-state index in [1.807, 2.05) is 0 Å². The highest BCUT2D eigenvalue weighted by molar-refractivity contribution is 4.72. The van der Waals surface area contributed by atoms with Crippen molar-refractivity contribution in [2.45, 2.75) is 52.7 Å². The number of ether oxygens (including phenoxy) is 1. The van der Waals surface area contributed by atoms with Gasteiger partial charge in [0.1, 0.15) is 0 Å². The van der Waals surface area contributed by atoms with Crippen LogP contribution in [0.2, 0.25) is 0 Å². The minimum Gasteiger partial charge on any atom is -0.372 e. The molecule has 0 atom stereocenters. The molecule has 0 aromatic heterocycles. The van der Waals surface area contributed by atoms with E-state index in [1.165, 1.54) is 6.42 Å². The summed E-state index contributed by atoms with van der Waals surface area (Å²) in [5.41, 5.74) is -0.0384. The average molecular weight is 173 g/mol. The molecule has 0 aliphatic carbocycles. The van der Waals surface area contributed by atoms with Gasteiger partial charge in [-0.05, 0) is 40.7 Å². The van der Waals surface area contributed by atoms with Gasteiger partial charge in [0.25, 0.3) is 0 Å². The van der Waals surface area contributed by atoms with Crippen LogP contribution >= 0.6 is 0 Å². The number of hydrogen-bond acceptors (Lipinski definition) is 2. The maximum atomic E-state index is 5.72. The van der Waals surface area contributed by atoms with Crippen LogP contribution in [0.4, 0.5) is 0 Å². The van der Waals surface area contributed by atoms with Gasteiger partial charge < -0.3 is 10.1 Å². The highest BCUT2D eigenvalue weighted by atomic mass is 16.5. The summed E-state index contributed by atoms with van der Waals surface area (Å²) in [6.45, 7) is 12.6. The molecule has 74 valence electrons. The van der Waals surface area contributed by atoms with Gasteiger partial charge in [-0.15, -0.1) is 0 Å². The summed E-state index contributed by atoms with van der Waals surface area (Å²) in [6.07, 6.45) is 1.49. The van der Waals surface area contributed by atoms with Crippen molar-refractivity contribution in [3.63, 3.8) is 0 Å². The Labute approximate surface area is 76.7 Å². The van der Waals surface area contributed by atoms with Gasteiger partial charge in [-0.1, -0.05) is 6.92 Å². The lowest BCUT2D eigenvalue weighted by molar-refractivity contribution is -0.0536. The molecular formula is C10H23NO. The van der Waals surface area contributed by atoms with Crippen LogP contribution in [0, 0.1) is 0 Å². The van der Waals surface area contributed by atoms with Crippen molar-refractivity contribution in [1.82, 2.24) is 5.32 Å². The first-order chi connectivity index (χ1) is 5.48. The lowest BCUT2D eigenvalue weighted by Crippen LogP contribution is -2.39. The summed E-state index contributed by atoms with van der Waals surface area (Å²) in [5.74, 6) is 0. The Morgan fingerprint density at radius 2 is 1.92 bits per heavy atom. The second-order valence-corrected chi connectivity index (χ2v) is 4.10. The van der Waals surface area contributed by atoms with Crippen molar-refractivity contribution in [2.24, 2.45) is 0 Å². The monoisotopic (exact) mass is 173 g/mol. The smallest absolute Gasteiger partial charge is 0.0753 e. The van der Waals surface area contributed by atoms with E-state index in [-0.39, 0.29) is 5.60 Å². The third-order valence-electron chi connectivity index (χ3n) is 1.53. The second kappa shape index (κ2) is 5.55. The van der Waals surface area contributed by atoms with Gasteiger partial charge in [-0.3, -0.25) is 0 Å². The molecule has 0 amide bonds. The Morgan fingerprint density at radius 3 is 2.33 bits per heavy atom. The third-order valence-corrected chi connectivity index (χ3v) is 1.53. The minimum absolute atomic E-state index is 0.0384. The molecule has 0 radical (unpaired) electrons. The fourth-order valence-corrected chi connectivity index (χ4v) is 1.25. The number of hydrogen-bond donors (Lipinski definition) is 1. The van der Waals surface area contributed by atoms with E-state index in [0.717, 1.165) is 13.1 Å². The first-order valence-corrected chi connectivity index (χ1v) is 4.86. The molecule has 0 fully saturated rings. The first-order valence-electron chi connectivity index (χ1n) is 4.86. The largest absolute Gasteiger partial charge is 0.372 e. The molecule has 0 aliphatic rings. The van der Waals surface area contributed by atoms with Crippen LogP contribution in [0.5, 0.6) is 0 Å². The molecule has 0 saturated carbocycles. The minimum atomic E-state index is -0.0384. The highest BCUT2D eigenvalue weighted by Gasteiger charge is 2.18. The van der Waals surface area contributed by atoms with E-state index < -0.39 is 0 Å². The topological polar surface area (TPSA) is 21.3 Å². The van der Waals surface area contributed by atoms with Gasteiger partial charge in [-0.25, -0.2) is 0 Å². The maximum Gasteiger partial charge on any atom is 0.0753 e. The van der Waals surface area contributed by atoms with Crippen LogP contribution in [0.1, 0.15) is 41.0 Å². The lowest BCUT2D eigenvalue weighted by atomic mass is 10.1. The predicted octanol–water partition coefficient (Wildman–Crippen LogP) is 2.19. The van der Waals surface area contributed by atoms with Crippen LogP contribution in [-0.4, -0.2) is 24.8 Å². The van der Waals surface area contributed by atoms with Crippen molar-refractivity contribution < 1.29 is 4.74 Å². The van der Waals surface area contributed by atoms with Gasteiger partial charge in [0.15, 0.2) is 0 Å². The molecule has 0 spiro atoms. The van der Waals surface area contributed by atoms with Gasteiger partial charge in [0, 0.05) is 6.54 Å². The third kappa shape index (κ3) is 6.62. The Bertz CT molecular complexity index is 110. The molecule has 0 unspecified atom stereocenters. The molecule has 12 heavy (non-hydrogen) atoms. The highest BCUT2D eigenvalue weighted by Crippen LogP contribution is 2.10. The van der Waals surface area contributed by atoms with E-state index in [4.69, 9.17) is 4.74 Å². The summed E-state index contributed by atoms with van der Waals surface area (Å²) in [7, 11) is 0. The fraction of sp³-hybridized carbons (Fsp3) is 1.00. The van der Waals surface area contributed by atoms with Crippen molar-refractivity contribution >= 4 is 0 Å². The molecule has 0 aliphatic heterocycles. The molecule has 0 aromatic carbocycles. The van der Waals surface area contributed by atoms with Crippen LogP contribution in [0.25, 0.3) is 0 Å². The Morgan fingerprint density at radius 1 is 1.33 bits per heavy atom. The zero-order chi connectivity index (χ0) is 9.61. The van der Waals surface area contributed by atoms with E-state index in [9.17, 15) is 0 Å². The van der Waals surface area contributed by atoms with Crippen LogP contribution in [0.15, 0.2) is 0 Å². The normalized spacial score (nSPS) is 12.5. The first kappa shape index (κ1) is 11.9. The van der Waals surface area contributed by atoms with Gasteiger partial charge in [0.05, 0.1) is 11.7 Å². The van der Waals surface area contributed by atoms with E-state index in [1.54, 1.807) is 0 Å². The molecule has 1 N–H and O–H groups in total. The summed E-state index contributed by atoms with van der Waals surface area (Å²) in [5, 5.41) is 3.36. The summed E-state index contributed by atoms with van der Waals surface area (Å²) >= 11 is 0. The van der Waals surface area contributed by atoms with Gasteiger partial charge >= 0.3 is 0 Å². The molecule has 2 nitrogen and oxygen atoms in total. The molecule has 0 bridgehead atoms. The Kier molecular flexibility index (Phi) is 5.51. The van der Waals surface area contributed by atoms with Crippen LogP contribution < -0.4 is 5.32 Å². The van der Waals surface area contributed by atoms with Crippen molar-refractivity contribution in [3.05, 3.63) is 0 Å². The zero-order valence-electron chi connectivity index (χ0n) is 9.11. The Hall–Kier alpha value is -0.0800. The molecule has 2 heteroatoms. The molecule has 0 rings (SSSR count). The van der Waals surface area contributed by atoms with Crippen LogP contribution in [0.3, 0.4) is 0 Å². The lowest BCUT2D eigenvalue weighted by Gasteiger charge is -2.28. The molecule has 0 aromatic rings. The van der Waals surface area contributed by atoms with Gasteiger partial charge in [-0.2, -0.15) is 0 Å². The van der Waals surface area contributed by atoms with E-state index in [2.05, 4.69) is 39.9 Å². The van der Waals surface area contributed by atoms with Crippen molar-refractivity contribution in [3.8, 4) is 0 Å². The molecule has 0 heterocycles. The predicted molar refractivity (Wildman–Crippen MR) is 53.5 cm³/mol. The second-order valence-electron chi connectivity index (χ2n) is 4.10. The van der Waals surface area contributed by atoms with Gasteiger partial charge in [0.2, 0.25) is 0 Å². The summed E-state index contributed by atoms with van der Waals surface area (Å²) < 4.78 is 5.72.